The summed E-state index contributed by atoms with van der Waals surface area (Å²) in [5, 5.41) is 2.90. The molecule has 1 aromatic rings. The van der Waals surface area contributed by atoms with Gasteiger partial charge in [-0.05, 0) is 55.5 Å². The van der Waals surface area contributed by atoms with E-state index in [9.17, 15) is 4.91 Å². The molecule has 0 saturated carbocycles. The standard InChI is InChI=1S/C14H23N3O/c1-4-17(5-2)12-6-11-16(3)14-9-7-13(15-18)8-10-14/h7-10H,4-6,11-12H2,1-3H3. The Bertz CT molecular complexity index is 347. The molecule has 0 unspecified atom stereocenters. The number of hydrogen-bond acceptors (Lipinski definition) is 4. The quantitative estimate of drug-likeness (QED) is 0.663. The molecule has 0 aliphatic carbocycles. The zero-order chi connectivity index (χ0) is 13.4. The molecule has 18 heavy (non-hydrogen) atoms. The van der Waals surface area contributed by atoms with Crippen molar-refractivity contribution in [1.82, 2.24) is 4.90 Å². The second kappa shape index (κ2) is 7.82. The Morgan fingerprint density at radius 1 is 1.06 bits per heavy atom. The molecule has 100 valence electrons. The number of rotatable bonds is 8. The van der Waals surface area contributed by atoms with Crippen LogP contribution < -0.4 is 4.90 Å². The molecule has 0 heterocycles. The van der Waals surface area contributed by atoms with E-state index < -0.39 is 0 Å². The molecule has 0 saturated heterocycles. The summed E-state index contributed by atoms with van der Waals surface area (Å²) in [5.74, 6) is 0. The van der Waals surface area contributed by atoms with E-state index in [-0.39, 0.29) is 0 Å². The summed E-state index contributed by atoms with van der Waals surface area (Å²) >= 11 is 0. The normalized spacial score (nSPS) is 10.7. The summed E-state index contributed by atoms with van der Waals surface area (Å²) in [6, 6.07) is 7.38. The summed E-state index contributed by atoms with van der Waals surface area (Å²) in [6.45, 7) is 8.76. The monoisotopic (exact) mass is 249 g/mol. The van der Waals surface area contributed by atoms with E-state index in [4.69, 9.17) is 0 Å². The Kier molecular flexibility index (Phi) is 6.36. The van der Waals surface area contributed by atoms with Crippen molar-refractivity contribution in [3.05, 3.63) is 29.2 Å². The van der Waals surface area contributed by atoms with Crippen molar-refractivity contribution in [2.75, 3.05) is 38.1 Å². The van der Waals surface area contributed by atoms with Crippen molar-refractivity contribution in [3.63, 3.8) is 0 Å². The minimum atomic E-state index is 0.482. The fourth-order valence-corrected chi connectivity index (χ4v) is 1.97. The molecule has 1 aromatic carbocycles. The van der Waals surface area contributed by atoms with Gasteiger partial charge in [0.25, 0.3) is 0 Å². The number of nitrogens with zero attached hydrogens (tertiary/aromatic N) is 3. The van der Waals surface area contributed by atoms with Crippen LogP contribution in [0.25, 0.3) is 0 Å². The zero-order valence-corrected chi connectivity index (χ0v) is 11.6. The molecular formula is C14H23N3O. The summed E-state index contributed by atoms with van der Waals surface area (Å²) in [6.07, 6.45) is 1.14. The third-order valence-corrected chi connectivity index (χ3v) is 3.26. The average Bonchev–Trinajstić information content (AvgIpc) is 2.43. The maximum absolute atomic E-state index is 10.3. The predicted molar refractivity (Wildman–Crippen MR) is 77.6 cm³/mol. The van der Waals surface area contributed by atoms with Gasteiger partial charge in [-0.1, -0.05) is 13.8 Å². The van der Waals surface area contributed by atoms with Gasteiger partial charge < -0.3 is 9.80 Å². The van der Waals surface area contributed by atoms with Crippen molar-refractivity contribution in [1.29, 1.82) is 0 Å². The first-order chi connectivity index (χ1) is 8.71. The Labute approximate surface area is 110 Å². The molecule has 4 nitrogen and oxygen atoms in total. The van der Waals surface area contributed by atoms with Crippen LogP contribution in [-0.4, -0.2) is 38.1 Å². The van der Waals surface area contributed by atoms with Crippen molar-refractivity contribution >= 4 is 11.4 Å². The molecule has 1 rings (SSSR count). The molecule has 0 spiro atoms. The van der Waals surface area contributed by atoms with Crippen LogP contribution in [0.4, 0.5) is 11.4 Å². The van der Waals surface area contributed by atoms with Crippen LogP contribution >= 0.6 is 0 Å². The lowest BCUT2D eigenvalue weighted by molar-refractivity contribution is 0.301. The predicted octanol–water partition coefficient (Wildman–Crippen LogP) is 3.25. The van der Waals surface area contributed by atoms with Gasteiger partial charge in [-0.3, -0.25) is 0 Å². The van der Waals surface area contributed by atoms with Crippen LogP contribution in [0.5, 0.6) is 0 Å². The summed E-state index contributed by atoms with van der Waals surface area (Å²) in [4.78, 5) is 15.0. The molecule has 0 bridgehead atoms. The third kappa shape index (κ3) is 4.45. The van der Waals surface area contributed by atoms with E-state index in [1.807, 2.05) is 12.1 Å². The number of nitroso groups, excluding NO2 is 1. The first kappa shape index (κ1) is 14.6. The second-order valence-electron chi connectivity index (χ2n) is 4.41. The van der Waals surface area contributed by atoms with Gasteiger partial charge in [0.15, 0.2) is 0 Å². The highest BCUT2D eigenvalue weighted by Crippen LogP contribution is 2.18. The zero-order valence-electron chi connectivity index (χ0n) is 11.6. The Balaban J connectivity index is 2.39. The topological polar surface area (TPSA) is 35.9 Å². The molecule has 0 fully saturated rings. The van der Waals surface area contributed by atoms with Crippen molar-refractivity contribution < 1.29 is 0 Å². The summed E-state index contributed by atoms with van der Waals surface area (Å²) in [7, 11) is 2.07. The number of hydrogen-bond donors (Lipinski definition) is 0. The highest BCUT2D eigenvalue weighted by atomic mass is 16.3. The Morgan fingerprint density at radius 2 is 1.67 bits per heavy atom. The first-order valence-electron chi connectivity index (χ1n) is 6.58. The first-order valence-corrected chi connectivity index (χ1v) is 6.58. The molecule has 0 aliphatic heterocycles. The minimum Gasteiger partial charge on any atom is -0.375 e. The van der Waals surface area contributed by atoms with Crippen LogP contribution in [0, 0.1) is 4.91 Å². The van der Waals surface area contributed by atoms with E-state index in [2.05, 4.69) is 35.9 Å². The molecule has 0 N–H and O–H groups in total. The maximum atomic E-state index is 10.3. The van der Waals surface area contributed by atoms with Crippen LogP contribution in [0.15, 0.2) is 29.4 Å². The van der Waals surface area contributed by atoms with Gasteiger partial charge in [0, 0.05) is 19.3 Å². The fraction of sp³-hybridized carbons (Fsp3) is 0.571. The second-order valence-corrected chi connectivity index (χ2v) is 4.41. The molecule has 4 heteroatoms. The van der Waals surface area contributed by atoms with Crippen LogP contribution in [0.1, 0.15) is 20.3 Å². The highest BCUT2D eigenvalue weighted by molar-refractivity contribution is 5.52. The lowest BCUT2D eigenvalue weighted by atomic mass is 10.2. The summed E-state index contributed by atoms with van der Waals surface area (Å²) < 4.78 is 0. The average molecular weight is 249 g/mol. The van der Waals surface area contributed by atoms with Crippen molar-refractivity contribution in [2.45, 2.75) is 20.3 Å². The van der Waals surface area contributed by atoms with Crippen molar-refractivity contribution in [2.24, 2.45) is 5.18 Å². The van der Waals surface area contributed by atoms with Gasteiger partial charge in [0.2, 0.25) is 0 Å². The third-order valence-electron chi connectivity index (χ3n) is 3.26. The van der Waals surface area contributed by atoms with Crippen molar-refractivity contribution in [3.8, 4) is 0 Å². The largest absolute Gasteiger partial charge is 0.375 e. The molecule has 0 aliphatic rings. The lowest BCUT2D eigenvalue weighted by Gasteiger charge is -2.22. The van der Waals surface area contributed by atoms with Crippen LogP contribution in [-0.2, 0) is 0 Å². The van der Waals surface area contributed by atoms with E-state index in [0.717, 1.165) is 38.3 Å². The van der Waals surface area contributed by atoms with Gasteiger partial charge in [-0.2, -0.15) is 0 Å². The Morgan fingerprint density at radius 3 is 2.17 bits per heavy atom. The number of anilines is 1. The molecular weight excluding hydrogens is 226 g/mol. The van der Waals surface area contributed by atoms with Gasteiger partial charge >= 0.3 is 0 Å². The maximum Gasteiger partial charge on any atom is 0.108 e. The highest BCUT2D eigenvalue weighted by Gasteiger charge is 2.03. The Hall–Kier alpha value is -1.42. The smallest absolute Gasteiger partial charge is 0.108 e. The molecule has 0 amide bonds. The van der Waals surface area contributed by atoms with E-state index in [0.29, 0.717) is 5.69 Å². The van der Waals surface area contributed by atoms with Gasteiger partial charge in [0.1, 0.15) is 5.69 Å². The van der Waals surface area contributed by atoms with E-state index in [1.165, 1.54) is 0 Å². The molecule has 0 atom stereocenters. The lowest BCUT2D eigenvalue weighted by Crippen LogP contribution is -2.28. The molecule has 0 radical (unpaired) electrons. The minimum absolute atomic E-state index is 0.482. The van der Waals surface area contributed by atoms with Gasteiger partial charge in [-0.15, -0.1) is 4.91 Å². The van der Waals surface area contributed by atoms with Gasteiger partial charge in [0.05, 0.1) is 0 Å². The summed E-state index contributed by atoms with van der Waals surface area (Å²) in [5.41, 5.74) is 1.61. The SMILES string of the molecule is CCN(CC)CCCN(C)c1ccc(N=O)cc1. The fourth-order valence-electron chi connectivity index (χ4n) is 1.97. The van der Waals surface area contributed by atoms with E-state index in [1.54, 1.807) is 12.1 Å². The van der Waals surface area contributed by atoms with Crippen LogP contribution in [0.2, 0.25) is 0 Å². The number of benzene rings is 1. The van der Waals surface area contributed by atoms with Gasteiger partial charge in [-0.25, -0.2) is 0 Å². The van der Waals surface area contributed by atoms with Crippen LogP contribution in [0.3, 0.4) is 0 Å². The molecule has 0 aromatic heterocycles. The van der Waals surface area contributed by atoms with E-state index >= 15 is 0 Å².